The van der Waals surface area contributed by atoms with E-state index in [-0.39, 0.29) is 30.0 Å². The van der Waals surface area contributed by atoms with Gasteiger partial charge in [-0.2, -0.15) is 10.2 Å². The molecule has 0 bridgehead atoms. The number of aromatic amines is 2. The maximum Gasteiger partial charge on any atom is 0.134 e. The van der Waals surface area contributed by atoms with Gasteiger partial charge in [0.25, 0.3) is 0 Å². The Labute approximate surface area is 650 Å². The van der Waals surface area contributed by atoms with Crippen LogP contribution in [0, 0.1) is 37.4 Å². The van der Waals surface area contributed by atoms with E-state index < -0.39 is 5.83 Å². The normalized spacial score (nSPS) is 16.2. The topological polar surface area (TPSA) is 204 Å². The number of rotatable bonds is 24. The zero-order valence-electron chi connectivity index (χ0n) is 62.6. The van der Waals surface area contributed by atoms with Crippen molar-refractivity contribution in [2.75, 3.05) is 46.1 Å². The number of nitrogens with zero attached hydrogens (tertiary/aromatic N) is 9. The van der Waals surface area contributed by atoms with Crippen LogP contribution in [0.25, 0.3) is 51.7 Å². The molecule has 3 N–H and O–H groups in total. The number of aliphatic hydroxyl groups excluding tert-OH is 1. The smallest absolute Gasteiger partial charge is 0.134 e. The Hall–Kier alpha value is -9.93. The number of hydrogen-bond donors (Lipinski definition) is 3. The van der Waals surface area contributed by atoms with Gasteiger partial charge in [-0.25, -0.2) is 13.2 Å². The lowest BCUT2D eigenvalue weighted by atomic mass is 9.94. The number of aliphatic imine (C=N–C) groups is 1. The zero-order chi connectivity index (χ0) is 76.5. The molecule has 3 fully saturated rings. The number of aliphatic hydroxyl groups is 1. The van der Waals surface area contributed by atoms with E-state index >= 15 is 8.78 Å². The van der Waals surface area contributed by atoms with Crippen molar-refractivity contribution in [2.24, 2.45) is 22.7 Å². The predicted octanol–water partition coefficient (Wildman–Crippen LogP) is 20.1. The van der Waals surface area contributed by atoms with Gasteiger partial charge in [0, 0.05) is 145 Å². The van der Waals surface area contributed by atoms with Crippen molar-refractivity contribution in [3.63, 3.8) is 0 Å². The number of aromatic nitrogens is 9. The van der Waals surface area contributed by atoms with E-state index in [4.69, 9.17) is 51.9 Å². The van der Waals surface area contributed by atoms with E-state index in [9.17, 15) is 9.50 Å². The van der Waals surface area contributed by atoms with Gasteiger partial charge in [0.2, 0.25) is 0 Å². The second kappa shape index (κ2) is 37.7. The molecule has 11 heterocycles. The molecule has 3 atom stereocenters. The van der Waals surface area contributed by atoms with Crippen LogP contribution in [0.15, 0.2) is 170 Å². The molecule has 0 radical (unpaired) electrons. The minimum absolute atomic E-state index is 0.198. The van der Waals surface area contributed by atoms with Crippen molar-refractivity contribution in [2.45, 2.75) is 130 Å². The van der Waals surface area contributed by atoms with Crippen LogP contribution in [0.1, 0.15) is 175 Å². The van der Waals surface area contributed by atoms with Gasteiger partial charge in [-0.05, 0) is 261 Å². The van der Waals surface area contributed by atoms with Crippen molar-refractivity contribution < 1.29 is 42.0 Å². The fourth-order valence-electron chi connectivity index (χ4n) is 14.4. The SMILES string of the molecule is C[C@@H](Oc1ccc2n[nH]c(/C=C(\F)c3ccc(CCC4CCOCC4)nc3)c2c1)c1ccncc1Cl.Cc1cc(F)ccc1C(C)Oc1ccc2n[nH]c(/C=C(\F)c3ccc(CCC4CCOCC4)nc3)c2c1.Cc1cncc(Cl)c1[C@@H](C)Oc1ccc2c(c1)C(/C=C/c1ccc(CN3CCC(CO)CC3)nc1)=NC2. The standard InChI is InChI=1S/C30H33ClN4O2.C30H31F2N3O2.C28H28ClFN4O2/c1-20-14-32-17-28(31)30(20)21(2)37-26-7-5-24-16-34-29(27(24)13-26)8-4-22-3-6-25(33-15-22)18-35-11-9-23(19-36)10-12-35;1-19-15-23(31)5-9-26(19)20(2)37-25-8-10-29-27(16-25)30(35-34-29)17-28(32)22-4-7-24(33-18-22)6-3-21-11-13-36-14-12-21;1-18(23-8-11-31-17-25(23)29)36-22-6-7-27-24(14-22)28(34-33-27)15-26(30)20-3-5-21(32-16-20)4-2-19-9-12-35-13-10-19/h3-8,13-15,17,21,23,36H,9-12,16,18-19H2,1-2H3;4-5,7-10,15-18,20-21H,3,6,11-14H2,1-2H3,(H,34,35);3,5-8,11,14-19H,2,4,9-10,12-13H2,1H3,(H,33,34)/b8-4+;28-17-;26-15-/t21-;;18-/m1.1/s1. The third-order valence-electron chi connectivity index (χ3n) is 21.0. The lowest BCUT2D eigenvalue weighted by Crippen LogP contribution is -2.34. The number of halogens is 5. The number of H-pyrrole nitrogens is 2. The van der Waals surface area contributed by atoms with Crippen LogP contribution < -0.4 is 14.2 Å². The molecule has 7 aromatic heterocycles. The summed E-state index contributed by atoms with van der Waals surface area (Å²) in [6.45, 7) is 16.9. The third-order valence-corrected chi connectivity index (χ3v) is 21.6. The van der Waals surface area contributed by atoms with E-state index in [2.05, 4.69) is 86.6 Å². The van der Waals surface area contributed by atoms with Crippen LogP contribution in [0.3, 0.4) is 0 Å². The molecule has 0 aliphatic carbocycles. The Kier molecular flexibility index (Phi) is 26.8. The van der Waals surface area contributed by atoms with Crippen LogP contribution in [0.2, 0.25) is 10.0 Å². The zero-order valence-corrected chi connectivity index (χ0v) is 64.1. The molecule has 4 aliphatic rings. The van der Waals surface area contributed by atoms with Gasteiger partial charge < -0.3 is 28.8 Å². The number of allylic oxidation sites excluding steroid dienone is 1. The van der Waals surface area contributed by atoms with Gasteiger partial charge in [0.05, 0.1) is 50.4 Å². The number of likely N-dealkylation sites (tertiary alicyclic amines) is 1. The Bertz CT molecular complexity index is 5010. The quantitative estimate of drug-likeness (QED) is 0.0515. The van der Waals surface area contributed by atoms with Crippen molar-refractivity contribution in [1.29, 1.82) is 0 Å². The average molecular weight is 1530 g/mol. The lowest BCUT2D eigenvalue weighted by molar-refractivity contribution is 0.0638. The number of nitrogens with one attached hydrogen (secondary N) is 2. The monoisotopic (exact) mass is 1530 g/mol. The van der Waals surface area contributed by atoms with E-state index in [1.807, 2.05) is 108 Å². The summed E-state index contributed by atoms with van der Waals surface area (Å²) in [5, 5.41) is 26.4. The molecule has 3 saturated heterocycles. The van der Waals surface area contributed by atoms with Crippen molar-refractivity contribution in [3.05, 3.63) is 265 Å². The summed E-state index contributed by atoms with van der Waals surface area (Å²) >= 11 is 12.6. The number of piperidine rings is 1. The van der Waals surface area contributed by atoms with Gasteiger partial charge in [0.15, 0.2) is 0 Å². The maximum absolute atomic E-state index is 15.1. The van der Waals surface area contributed by atoms with Crippen LogP contribution in [-0.2, 0) is 35.4 Å². The van der Waals surface area contributed by atoms with Crippen LogP contribution in [-0.4, -0.2) is 107 Å². The Morgan fingerprint density at radius 1 is 0.573 bits per heavy atom. The summed E-state index contributed by atoms with van der Waals surface area (Å²) in [6, 6.07) is 35.2. The Morgan fingerprint density at radius 3 is 1.69 bits per heavy atom. The molecule has 570 valence electrons. The molecule has 0 amide bonds. The summed E-state index contributed by atoms with van der Waals surface area (Å²) in [7, 11) is 0. The fraction of sp³-hybridized carbons (Fsp3) is 0.341. The van der Waals surface area contributed by atoms with Crippen LogP contribution in [0.5, 0.6) is 17.2 Å². The molecule has 110 heavy (non-hydrogen) atoms. The molecule has 15 rings (SSSR count). The largest absolute Gasteiger partial charge is 0.486 e. The summed E-state index contributed by atoms with van der Waals surface area (Å²) < 4.78 is 73.1. The first kappa shape index (κ1) is 78.2. The van der Waals surface area contributed by atoms with Gasteiger partial charge in [-0.1, -0.05) is 47.5 Å². The lowest BCUT2D eigenvalue weighted by Gasteiger charge is -2.30. The van der Waals surface area contributed by atoms with Gasteiger partial charge in [0.1, 0.15) is 53.0 Å². The minimum atomic E-state index is -0.393. The first-order valence-corrected chi connectivity index (χ1v) is 38.6. The second-order valence-corrected chi connectivity index (χ2v) is 29.6. The molecule has 1 unspecified atom stereocenters. The summed E-state index contributed by atoms with van der Waals surface area (Å²) in [5.41, 5.74) is 15.2. The van der Waals surface area contributed by atoms with E-state index in [0.29, 0.717) is 80.5 Å². The van der Waals surface area contributed by atoms with E-state index in [1.54, 1.807) is 49.2 Å². The van der Waals surface area contributed by atoms with Crippen molar-refractivity contribution in [3.8, 4) is 17.2 Å². The van der Waals surface area contributed by atoms with Crippen molar-refractivity contribution in [1.82, 2.24) is 50.2 Å². The molecule has 4 aliphatic heterocycles. The Morgan fingerprint density at radius 2 is 1.14 bits per heavy atom. The molecule has 17 nitrogen and oxygen atoms in total. The number of aryl methyl sites for hydroxylation is 4. The summed E-state index contributed by atoms with van der Waals surface area (Å²) in [4.78, 5) is 29.0. The molecule has 4 aromatic carbocycles. The highest BCUT2D eigenvalue weighted by Crippen LogP contribution is 2.36. The average Bonchev–Trinajstić information content (AvgIpc) is 1.61. The highest BCUT2D eigenvalue weighted by molar-refractivity contribution is 6.31. The van der Waals surface area contributed by atoms with Gasteiger partial charge >= 0.3 is 0 Å². The van der Waals surface area contributed by atoms with Gasteiger partial charge in [-0.3, -0.25) is 45.0 Å². The second-order valence-electron chi connectivity index (χ2n) is 28.8. The first-order valence-electron chi connectivity index (χ1n) is 37.9. The van der Waals surface area contributed by atoms with Crippen LogP contribution in [0.4, 0.5) is 13.2 Å². The number of fused-ring (bicyclic) bond motifs is 3. The van der Waals surface area contributed by atoms with Crippen LogP contribution >= 0.6 is 23.2 Å². The number of pyridine rings is 5. The summed E-state index contributed by atoms with van der Waals surface area (Å²) in [6.07, 6.45) is 28.6. The molecule has 11 aromatic rings. The van der Waals surface area contributed by atoms with E-state index in [1.165, 1.54) is 29.8 Å². The molecular formula is C88H92Cl2F3N11O6. The first-order chi connectivity index (χ1) is 53.5. The molecule has 22 heteroatoms. The van der Waals surface area contributed by atoms with Crippen molar-refractivity contribution >= 4 is 80.6 Å². The highest BCUT2D eigenvalue weighted by Gasteiger charge is 2.23. The van der Waals surface area contributed by atoms with E-state index in [0.717, 1.165) is 194 Å². The Balaban J connectivity index is 0.000000145. The molecule has 0 saturated carbocycles. The molecular weight excluding hydrogens is 1430 g/mol. The minimum Gasteiger partial charge on any atom is -0.486 e. The summed E-state index contributed by atoms with van der Waals surface area (Å²) in [5.74, 6) is 2.81. The fourth-order valence-corrected chi connectivity index (χ4v) is 15.1. The number of benzene rings is 4. The third kappa shape index (κ3) is 20.7. The predicted molar refractivity (Wildman–Crippen MR) is 429 cm³/mol. The number of hydrogen-bond acceptors (Lipinski definition) is 15. The molecule has 0 spiro atoms. The highest BCUT2D eigenvalue weighted by atomic mass is 35.5. The number of ether oxygens (including phenoxy) is 5. The maximum atomic E-state index is 15.1. The van der Waals surface area contributed by atoms with Gasteiger partial charge in [-0.15, -0.1) is 0 Å².